The molecule has 2 aromatic rings. The van der Waals surface area contributed by atoms with E-state index in [1.807, 2.05) is 31.2 Å². The summed E-state index contributed by atoms with van der Waals surface area (Å²) in [5, 5.41) is 2.96. The van der Waals surface area contributed by atoms with Crippen LogP contribution in [0.5, 0.6) is 0 Å². The quantitative estimate of drug-likeness (QED) is 0.922. The highest BCUT2D eigenvalue weighted by atomic mass is 19.1. The Labute approximate surface area is 151 Å². The van der Waals surface area contributed by atoms with Gasteiger partial charge in [-0.05, 0) is 36.6 Å². The topological polar surface area (TPSA) is 62.3 Å². The number of hydrogen-bond donors (Lipinski definition) is 1. The average molecular weight is 353 g/mol. The standard InChI is InChI=1S/C20H20FN3O2/c1-2-6-16-20(13-7-3-4-9-15(13)23-19(20)26)10-12-24(16)18(25)17-14(21)8-5-11-22-17/h3-5,7-9,11,16H,2,6,10,12H2,1H3,(H,23,26)/t16-,20-/m0/s1. The number of pyridine rings is 1. The number of aromatic nitrogens is 1. The number of carbonyl (C=O) groups excluding carboxylic acids is 2. The summed E-state index contributed by atoms with van der Waals surface area (Å²) in [4.78, 5) is 31.5. The van der Waals surface area contributed by atoms with E-state index < -0.39 is 17.1 Å². The Morgan fingerprint density at radius 1 is 1.35 bits per heavy atom. The number of hydrogen-bond acceptors (Lipinski definition) is 3. The number of nitrogens with zero attached hydrogens (tertiary/aromatic N) is 2. The van der Waals surface area contributed by atoms with Crippen LogP contribution in [0.15, 0.2) is 42.6 Å². The van der Waals surface area contributed by atoms with Gasteiger partial charge in [-0.2, -0.15) is 0 Å². The Morgan fingerprint density at radius 3 is 2.92 bits per heavy atom. The van der Waals surface area contributed by atoms with E-state index in [2.05, 4.69) is 10.3 Å². The van der Waals surface area contributed by atoms with E-state index >= 15 is 0 Å². The van der Waals surface area contributed by atoms with Gasteiger partial charge in [-0.3, -0.25) is 9.59 Å². The number of benzene rings is 1. The van der Waals surface area contributed by atoms with Crippen LogP contribution in [0.25, 0.3) is 0 Å². The predicted molar refractivity (Wildman–Crippen MR) is 95.3 cm³/mol. The van der Waals surface area contributed by atoms with Gasteiger partial charge in [0.2, 0.25) is 5.91 Å². The molecule has 0 aliphatic carbocycles. The monoisotopic (exact) mass is 353 g/mol. The van der Waals surface area contributed by atoms with Crippen molar-refractivity contribution in [3.63, 3.8) is 0 Å². The first kappa shape index (κ1) is 16.7. The van der Waals surface area contributed by atoms with Crippen LogP contribution in [0.3, 0.4) is 0 Å². The zero-order valence-electron chi connectivity index (χ0n) is 14.5. The predicted octanol–water partition coefficient (Wildman–Crippen LogP) is 3.13. The Bertz CT molecular complexity index is 885. The maximum Gasteiger partial charge on any atom is 0.275 e. The minimum absolute atomic E-state index is 0.0751. The lowest BCUT2D eigenvalue weighted by molar-refractivity contribution is -0.121. The second kappa shape index (κ2) is 6.20. The molecule has 1 fully saturated rings. The van der Waals surface area contributed by atoms with Crippen LogP contribution in [0.1, 0.15) is 42.2 Å². The normalized spacial score (nSPS) is 24.0. The summed E-state index contributed by atoms with van der Waals surface area (Å²) in [7, 11) is 0. The van der Waals surface area contributed by atoms with Crippen LogP contribution >= 0.6 is 0 Å². The number of amides is 2. The van der Waals surface area contributed by atoms with Crippen LogP contribution in [0.4, 0.5) is 10.1 Å². The van der Waals surface area contributed by atoms with Gasteiger partial charge in [-0.15, -0.1) is 0 Å². The zero-order valence-corrected chi connectivity index (χ0v) is 14.5. The number of fused-ring (bicyclic) bond motifs is 2. The first-order valence-electron chi connectivity index (χ1n) is 8.92. The molecule has 3 heterocycles. The Balaban J connectivity index is 1.77. The van der Waals surface area contributed by atoms with E-state index in [-0.39, 0.29) is 17.6 Å². The van der Waals surface area contributed by atoms with Gasteiger partial charge in [0, 0.05) is 18.4 Å². The van der Waals surface area contributed by atoms with Gasteiger partial charge in [0.25, 0.3) is 5.91 Å². The third-order valence-electron chi connectivity index (χ3n) is 5.54. The number of likely N-dealkylation sites (tertiary alicyclic amines) is 1. The second-order valence-electron chi connectivity index (χ2n) is 6.86. The maximum atomic E-state index is 14.1. The fourth-order valence-corrected chi connectivity index (χ4v) is 4.40. The van der Waals surface area contributed by atoms with Gasteiger partial charge in [-0.25, -0.2) is 9.37 Å². The summed E-state index contributed by atoms with van der Waals surface area (Å²) in [5.41, 5.74) is 0.780. The number of para-hydroxylation sites is 1. The first-order chi connectivity index (χ1) is 12.6. The number of anilines is 1. The molecule has 5 nitrogen and oxygen atoms in total. The largest absolute Gasteiger partial charge is 0.333 e. The molecule has 26 heavy (non-hydrogen) atoms. The Morgan fingerprint density at radius 2 is 2.15 bits per heavy atom. The first-order valence-corrected chi connectivity index (χ1v) is 8.92. The van der Waals surface area contributed by atoms with Crippen molar-refractivity contribution in [2.75, 3.05) is 11.9 Å². The van der Waals surface area contributed by atoms with E-state index in [1.165, 1.54) is 18.3 Å². The molecule has 1 N–H and O–H groups in total. The fraction of sp³-hybridized carbons (Fsp3) is 0.350. The lowest BCUT2D eigenvalue weighted by Gasteiger charge is -2.33. The maximum absolute atomic E-state index is 14.1. The van der Waals surface area contributed by atoms with Gasteiger partial charge < -0.3 is 10.2 Å². The number of nitrogens with one attached hydrogen (secondary N) is 1. The van der Waals surface area contributed by atoms with Gasteiger partial charge >= 0.3 is 0 Å². The summed E-state index contributed by atoms with van der Waals surface area (Å²) in [6.07, 6.45) is 3.42. The third kappa shape index (κ3) is 2.25. The summed E-state index contributed by atoms with van der Waals surface area (Å²) >= 11 is 0. The van der Waals surface area contributed by atoms with Crippen molar-refractivity contribution in [2.45, 2.75) is 37.6 Å². The van der Waals surface area contributed by atoms with E-state index in [0.717, 1.165) is 17.7 Å². The Hall–Kier alpha value is -2.76. The van der Waals surface area contributed by atoms with Crippen molar-refractivity contribution in [2.24, 2.45) is 0 Å². The highest BCUT2D eigenvalue weighted by Gasteiger charge is 2.58. The molecule has 0 radical (unpaired) electrons. The van der Waals surface area contributed by atoms with Crippen LogP contribution in [0, 0.1) is 5.82 Å². The summed E-state index contributed by atoms with van der Waals surface area (Å²) in [6, 6.07) is 10.0. The van der Waals surface area contributed by atoms with Gasteiger partial charge in [0.1, 0.15) is 0 Å². The molecule has 1 saturated heterocycles. The molecule has 134 valence electrons. The minimum Gasteiger partial charge on any atom is -0.333 e. The SMILES string of the molecule is CCC[C@@H]1N(C(=O)c2ncccc2F)CC[C@@]12C(=O)Nc1ccccc12. The van der Waals surface area contributed by atoms with Crippen molar-refractivity contribution >= 4 is 17.5 Å². The second-order valence-corrected chi connectivity index (χ2v) is 6.86. The summed E-state index contributed by atoms with van der Waals surface area (Å²) in [6.45, 7) is 2.43. The number of carbonyl (C=O) groups is 2. The van der Waals surface area contributed by atoms with E-state index in [1.54, 1.807) is 4.90 Å². The number of halogens is 1. The molecule has 4 rings (SSSR count). The molecule has 1 aromatic carbocycles. The molecule has 1 spiro atoms. The molecule has 2 amide bonds. The van der Waals surface area contributed by atoms with Crippen LogP contribution in [0.2, 0.25) is 0 Å². The molecule has 2 aliphatic heterocycles. The van der Waals surface area contributed by atoms with Crippen LogP contribution in [-0.4, -0.2) is 34.3 Å². The van der Waals surface area contributed by atoms with Crippen LogP contribution in [-0.2, 0) is 10.2 Å². The molecule has 2 atom stereocenters. The number of rotatable bonds is 3. The highest BCUT2D eigenvalue weighted by Crippen LogP contribution is 2.49. The van der Waals surface area contributed by atoms with E-state index in [9.17, 15) is 14.0 Å². The molecule has 0 saturated carbocycles. The van der Waals surface area contributed by atoms with Gasteiger partial charge in [0.05, 0.1) is 11.5 Å². The van der Waals surface area contributed by atoms with Crippen LogP contribution < -0.4 is 5.32 Å². The van der Waals surface area contributed by atoms with E-state index in [4.69, 9.17) is 0 Å². The molecule has 0 bridgehead atoms. The van der Waals surface area contributed by atoms with Crippen molar-refractivity contribution < 1.29 is 14.0 Å². The van der Waals surface area contributed by atoms with Crippen molar-refractivity contribution in [1.29, 1.82) is 0 Å². The van der Waals surface area contributed by atoms with Crippen molar-refractivity contribution in [1.82, 2.24) is 9.88 Å². The van der Waals surface area contributed by atoms with Crippen molar-refractivity contribution in [3.05, 3.63) is 59.7 Å². The fourth-order valence-electron chi connectivity index (χ4n) is 4.40. The minimum atomic E-state index is -0.770. The molecule has 1 aromatic heterocycles. The van der Waals surface area contributed by atoms with Gasteiger partial charge in [0.15, 0.2) is 11.5 Å². The molecular formula is C20H20FN3O2. The van der Waals surface area contributed by atoms with Gasteiger partial charge in [-0.1, -0.05) is 31.5 Å². The molecule has 6 heteroatoms. The molecular weight excluding hydrogens is 333 g/mol. The van der Waals surface area contributed by atoms with Crippen molar-refractivity contribution in [3.8, 4) is 0 Å². The summed E-state index contributed by atoms with van der Waals surface area (Å²) in [5.74, 6) is -1.16. The average Bonchev–Trinajstić information content (AvgIpc) is 3.15. The summed E-state index contributed by atoms with van der Waals surface area (Å²) < 4.78 is 14.1. The molecule has 2 aliphatic rings. The highest BCUT2D eigenvalue weighted by molar-refractivity contribution is 6.08. The zero-order chi connectivity index (χ0) is 18.3. The Kier molecular flexibility index (Phi) is 3.98. The smallest absolute Gasteiger partial charge is 0.275 e. The lowest BCUT2D eigenvalue weighted by Crippen LogP contribution is -2.49. The van der Waals surface area contributed by atoms with E-state index in [0.29, 0.717) is 19.4 Å². The third-order valence-corrected chi connectivity index (χ3v) is 5.54. The lowest BCUT2D eigenvalue weighted by atomic mass is 9.73. The molecule has 0 unspecified atom stereocenters.